The summed E-state index contributed by atoms with van der Waals surface area (Å²) >= 11 is 0. The van der Waals surface area contributed by atoms with Crippen molar-refractivity contribution in [2.45, 2.75) is 19.4 Å². The Balaban J connectivity index is 2.40. The second-order valence-corrected chi connectivity index (χ2v) is 4.09. The lowest BCUT2D eigenvalue weighted by Crippen LogP contribution is -2.52. The van der Waals surface area contributed by atoms with Crippen LogP contribution in [-0.2, 0) is 14.4 Å². The fourth-order valence-corrected chi connectivity index (χ4v) is 1.65. The summed E-state index contributed by atoms with van der Waals surface area (Å²) in [6.45, 7) is 4.06. The predicted molar refractivity (Wildman–Crippen MR) is 60.9 cm³/mol. The minimum absolute atomic E-state index is 0.0283. The number of hydrogen-bond acceptors (Lipinski definition) is 4. The zero-order valence-electron chi connectivity index (χ0n) is 9.86. The highest BCUT2D eigenvalue weighted by molar-refractivity contribution is 6.35. The molecule has 0 aromatic carbocycles. The van der Waals surface area contributed by atoms with Crippen LogP contribution in [0.1, 0.15) is 13.3 Å². The summed E-state index contributed by atoms with van der Waals surface area (Å²) < 4.78 is 0. The van der Waals surface area contributed by atoms with E-state index < -0.39 is 23.8 Å². The number of nitrogens with zero attached hydrogens (tertiary/aromatic N) is 1. The van der Waals surface area contributed by atoms with Crippen LogP contribution < -0.4 is 16.4 Å². The Morgan fingerprint density at radius 3 is 2.47 bits per heavy atom. The van der Waals surface area contributed by atoms with Gasteiger partial charge >= 0.3 is 11.8 Å². The highest BCUT2D eigenvalue weighted by Crippen LogP contribution is 1.95. The molecule has 1 aliphatic heterocycles. The molecule has 0 aromatic rings. The molecule has 4 N–H and O–H groups in total. The molecule has 96 valence electrons. The third-order valence-corrected chi connectivity index (χ3v) is 2.48. The minimum Gasteiger partial charge on any atom is -0.370 e. The van der Waals surface area contributed by atoms with Crippen LogP contribution >= 0.6 is 0 Å². The lowest BCUT2D eigenvalue weighted by Gasteiger charge is -2.27. The van der Waals surface area contributed by atoms with E-state index in [0.29, 0.717) is 26.2 Å². The van der Waals surface area contributed by atoms with Gasteiger partial charge in [0.05, 0.1) is 0 Å². The lowest BCUT2D eigenvalue weighted by molar-refractivity contribution is -0.146. The van der Waals surface area contributed by atoms with Crippen LogP contribution in [0.5, 0.6) is 0 Å². The first-order valence-corrected chi connectivity index (χ1v) is 5.59. The van der Waals surface area contributed by atoms with E-state index in [2.05, 4.69) is 10.6 Å². The predicted octanol–water partition coefficient (Wildman–Crippen LogP) is -2.20. The number of amides is 3. The van der Waals surface area contributed by atoms with Gasteiger partial charge in [0.25, 0.3) is 0 Å². The van der Waals surface area contributed by atoms with E-state index in [1.54, 1.807) is 6.92 Å². The fourth-order valence-electron chi connectivity index (χ4n) is 1.65. The number of primary amides is 1. The number of carbonyl (C=O) groups is 3. The monoisotopic (exact) mass is 242 g/mol. The van der Waals surface area contributed by atoms with Crippen molar-refractivity contribution in [2.75, 3.05) is 26.2 Å². The smallest absolute Gasteiger partial charge is 0.311 e. The van der Waals surface area contributed by atoms with Gasteiger partial charge in [0.2, 0.25) is 5.91 Å². The molecule has 17 heavy (non-hydrogen) atoms. The molecule has 0 radical (unpaired) electrons. The third-order valence-electron chi connectivity index (χ3n) is 2.48. The van der Waals surface area contributed by atoms with E-state index in [1.807, 2.05) is 0 Å². The Morgan fingerprint density at radius 1 is 1.35 bits per heavy atom. The number of nitrogens with two attached hydrogens (primary N) is 1. The molecule has 1 fully saturated rings. The zero-order chi connectivity index (χ0) is 12.8. The highest BCUT2D eigenvalue weighted by Gasteiger charge is 2.24. The highest BCUT2D eigenvalue weighted by atomic mass is 16.2. The molecule has 1 saturated heterocycles. The van der Waals surface area contributed by atoms with Crippen LogP contribution in [0, 0.1) is 0 Å². The maximum absolute atomic E-state index is 11.7. The number of carbonyl (C=O) groups excluding carboxylic acids is 3. The summed E-state index contributed by atoms with van der Waals surface area (Å²) in [4.78, 5) is 35.4. The van der Waals surface area contributed by atoms with Gasteiger partial charge in [-0.05, 0) is 6.92 Å². The SMILES string of the molecule is CC(CC(N)=O)NC(=O)C(=O)N1CCNCC1. The molecule has 0 aromatic heterocycles. The Bertz CT molecular complexity index is 313. The maximum Gasteiger partial charge on any atom is 0.311 e. The molecule has 7 heteroatoms. The van der Waals surface area contributed by atoms with Crippen LogP contribution in [-0.4, -0.2) is 54.8 Å². The maximum atomic E-state index is 11.7. The number of rotatable bonds is 3. The first-order valence-electron chi connectivity index (χ1n) is 5.59. The first-order chi connectivity index (χ1) is 8.00. The molecular weight excluding hydrogens is 224 g/mol. The van der Waals surface area contributed by atoms with Crippen molar-refractivity contribution in [3.63, 3.8) is 0 Å². The zero-order valence-corrected chi connectivity index (χ0v) is 9.86. The molecule has 1 atom stereocenters. The van der Waals surface area contributed by atoms with Gasteiger partial charge in [-0.2, -0.15) is 0 Å². The van der Waals surface area contributed by atoms with Gasteiger partial charge in [-0.1, -0.05) is 0 Å². The molecule has 0 spiro atoms. The van der Waals surface area contributed by atoms with Crippen LogP contribution in [0.15, 0.2) is 0 Å². The summed E-state index contributed by atoms with van der Waals surface area (Å²) in [6, 6.07) is -0.424. The van der Waals surface area contributed by atoms with Gasteiger partial charge in [0, 0.05) is 38.6 Å². The van der Waals surface area contributed by atoms with Crippen LogP contribution in [0.3, 0.4) is 0 Å². The van der Waals surface area contributed by atoms with Gasteiger partial charge in [-0.15, -0.1) is 0 Å². The van der Waals surface area contributed by atoms with Crippen LogP contribution in [0.4, 0.5) is 0 Å². The molecule has 7 nitrogen and oxygen atoms in total. The normalized spacial score (nSPS) is 17.4. The number of nitrogens with one attached hydrogen (secondary N) is 2. The van der Waals surface area contributed by atoms with E-state index in [4.69, 9.17) is 5.73 Å². The topological polar surface area (TPSA) is 105 Å². The molecule has 0 saturated carbocycles. The van der Waals surface area contributed by atoms with E-state index in [9.17, 15) is 14.4 Å². The second-order valence-electron chi connectivity index (χ2n) is 4.09. The first kappa shape index (κ1) is 13.4. The van der Waals surface area contributed by atoms with Crippen molar-refractivity contribution in [1.29, 1.82) is 0 Å². The molecule has 1 rings (SSSR count). The Labute approximate surface area is 99.7 Å². The van der Waals surface area contributed by atoms with Gasteiger partial charge in [0.1, 0.15) is 0 Å². The molecule has 1 aliphatic rings. The van der Waals surface area contributed by atoms with Crippen LogP contribution in [0.2, 0.25) is 0 Å². The van der Waals surface area contributed by atoms with E-state index in [-0.39, 0.29) is 6.42 Å². The number of hydrogen-bond donors (Lipinski definition) is 3. The van der Waals surface area contributed by atoms with Gasteiger partial charge < -0.3 is 21.3 Å². The van der Waals surface area contributed by atoms with Crippen molar-refractivity contribution in [3.8, 4) is 0 Å². The quantitative estimate of drug-likeness (QED) is 0.488. The molecule has 1 unspecified atom stereocenters. The number of piperazine rings is 1. The van der Waals surface area contributed by atoms with Crippen molar-refractivity contribution in [2.24, 2.45) is 5.73 Å². The van der Waals surface area contributed by atoms with Crippen molar-refractivity contribution in [3.05, 3.63) is 0 Å². The Kier molecular flexibility index (Phi) is 4.89. The fraction of sp³-hybridized carbons (Fsp3) is 0.700. The van der Waals surface area contributed by atoms with E-state index in [0.717, 1.165) is 0 Å². The molecule has 0 aliphatic carbocycles. The lowest BCUT2D eigenvalue weighted by atomic mass is 10.2. The summed E-state index contributed by atoms with van der Waals surface area (Å²) in [5, 5.41) is 5.55. The third kappa shape index (κ3) is 4.39. The van der Waals surface area contributed by atoms with Crippen molar-refractivity contribution >= 4 is 17.7 Å². The van der Waals surface area contributed by atoms with Crippen molar-refractivity contribution in [1.82, 2.24) is 15.5 Å². The van der Waals surface area contributed by atoms with E-state index in [1.165, 1.54) is 4.90 Å². The molecule has 0 bridgehead atoms. The average Bonchev–Trinajstić information content (AvgIpc) is 2.28. The average molecular weight is 242 g/mol. The van der Waals surface area contributed by atoms with E-state index >= 15 is 0 Å². The molecule has 3 amide bonds. The second kappa shape index (κ2) is 6.19. The summed E-state index contributed by atoms with van der Waals surface area (Å²) in [5.74, 6) is -1.74. The Hall–Kier alpha value is -1.63. The minimum atomic E-state index is -0.680. The summed E-state index contributed by atoms with van der Waals surface area (Å²) in [7, 11) is 0. The van der Waals surface area contributed by atoms with Gasteiger partial charge in [0.15, 0.2) is 0 Å². The standard InChI is InChI=1S/C10H18N4O3/c1-7(6-8(11)15)13-9(16)10(17)14-4-2-12-3-5-14/h7,12H,2-6H2,1H3,(H2,11,15)(H,13,16). The summed E-state index contributed by atoms with van der Waals surface area (Å²) in [6.07, 6.45) is 0.0283. The molecular formula is C10H18N4O3. The van der Waals surface area contributed by atoms with Crippen molar-refractivity contribution < 1.29 is 14.4 Å². The summed E-state index contributed by atoms with van der Waals surface area (Å²) in [5.41, 5.74) is 4.99. The largest absolute Gasteiger partial charge is 0.370 e. The molecule has 1 heterocycles. The Morgan fingerprint density at radius 2 is 1.94 bits per heavy atom. The van der Waals surface area contributed by atoms with Crippen LogP contribution in [0.25, 0.3) is 0 Å². The van der Waals surface area contributed by atoms with Gasteiger partial charge in [-0.25, -0.2) is 0 Å². The van der Waals surface area contributed by atoms with Gasteiger partial charge in [-0.3, -0.25) is 14.4 Å².